The van der Waals surface area contributed by atoms with Crippen LogP contribution in [0, 0.1) is 12.7 Å². The molecule has 1 fully saturated rings. The van der Waals surface area contributed by atoms with Crippen molar-refractivity contribution in [3.8, 4) is 5.75 Å². The lowest BCUT2D eigenvalue weighted by Gasteiger charge is -2.08. The van der Waals surface area contributed by atoms with Crippen LogP contribution in [-0.2, 0) is 4.79 Å². The van der Waals surface area contributed by atoms with Gasteiger partial charge in [0.15, 0.2) is 6.61 Å². The molecule has 16 heavy (non-hydrogen) atoms. The van der Waals surface area contributed by atoms with Gasteiger partial charge in [0.2, 0.25) is 0 Å². The first-order valence-electron chi connectivity index (χ1n) is 5.33. The highest BCUT2D eigenvalue weighted by Gasteiger charge is 2.23. The molecule has 4 heteroatoms. The lowest BCUT2D eigenvalue weighted by molar-refractivity contribution is -0.123. The van der Waals surface area contributed by atoms with Gasteiger partial charge in [0, 0.05) is 6.04 Å². The third-order valence-electron chi connectivity index (χ3n) is 2.44. The minimum absolute atomic E-state index is 0.0109. The van der Waals surface area contributed by atoms with Gasteiger partial charge in [0.05, 0.1) is 0 Å². The van der Waals surface area contributed by atoms with Crippen molar-refractivity contribution in [2.45, 2.75) is 25.8 Å². The number of halogens is 1. The summed E-state index contributed by atoms with van der Waals surface area (Å²) in [5.41, 5.74) is 0.694. The number of nitrogens with one attached hydrogen (secondary N) is 1. The molecule has 0 aromatic heterocycles. The summed E-state index contributed by atoms with van der Waals surface area (Å²) in [6.07, 6.45) is 2.11. The summed E-state index contributed by atoms with van der Waals surface area (Å²) in [5.74, 6) is 0.130. The zero-order valence-electron chi connectivity index (χ0n) is 9.13. The van der Waals surface area contributed by atoms with Crippen LogP contribution in [0.5, 0.6) is 5.75 Å². The summed E-state index contributed by atoms with van der Waals surface area (Å²) in [6, 6.07) is 4.58. The Balaban J connectivity index is 1.85. The lowest BCUT2D eigenvalue weighted by Crippen LogP contribution is -2.30. The van der Waals surface area contributed by atoms with E-state index in [0.29, 0.717) is 17.4 Å². The molecule has 2 rings (SSSR count). The Morgan fingerprint density at radius 3 is 2.94 bits per heavy atom. The molecule has 1 N–H and O–H groups in total. The normalized spacial score (nSPS) is 14.6. The number of carbonyl (C=O) groups is 1. The molecule has 0 aliphatic heterocycles. The second-order valence-corrected chi connectivity index (χ2v) is 4.04. The van der Waals surface area contributed by atoms with Crippen LogP contribution in [-0.4, -0.2) is 18.6 Å². The van der Waals surface area contributed by atoms with Gasteiger partial charge in [-0.1, -0.05) is 0 Å². The SMILES string of the molecule is Cc1cc(F)ccc1OCC(=O)NC1CC1. The van der Waals surface area contributed by atoms with Gasteiger partial charge in [-0.25, -0.2) is 4.39 Å². The Morgan fingerprint density at radius 1 is 1.56 bits per heavy atom. The van der Waals surface area contributed by atoms with Crippen LogP contribution in [0.4, 0.5) is 4.39 Å². The monoisotopic (exact) mass is 223 g/mol. The molecular weight excluding hydrogens is 209 g/mol. The number of carbonyl (C=O) groups excluding carboxylic acids is 1. The molecule has 1 amide bonds. The van der Waals surface area contributed by atoms with E-state index in [1.807, 2.05) is 0 Å². The molecule has 0 bridgehead atoms. The first-order valence-corrected chi connectivity index (χ1v) is 5.33. The number of ether oxygens (including phenoxy) is 1. The van der Waals surface area contributed by atoms with Crippen LogP contribution in [0.25, 0.3) is 0 Å². The molecule has 1 saturated carbocycles. The van der Waals surface area contributed by atoms with Crippen molar-refractivity contribution < 1.29 is 13.9 Å². The molecule has 0 radical (unpaired) electrons. The number of aryl methyl sites for hydroxylation is 1. The van der Waals surface area contributed by atoms with Crippen LogP contribution in [0.15, 0.2) is 18.2 Å². The summed E-state index contributed by atoms with van der Waals surface area (Å²) in [6.45, 7) is 1.74. The third-order valence-corrected chi connectivity index (χ3v) is 2.44. The zero-order valence-corrected chi connectivity index (χ0v) is 9.13. The highest BCUT2D eigenvalue weighted by atomic mass is 19.1. The van der Waals surface area contributed by atoms with Gasteiger partial charge in [-0.2, -0.15) is 0 Å². The molecule has 1 aromatic carbocycles. The fourth-order valence-corrected chi connectivity index (χ4v) is 1.42. The van der Waals surface area contributed by atoms with E-state index in [0.717, 1.165) is 12.8 Å². The standard InChI is InChI=1S/C12H14FNO2/c1-8-6-9(13)2-5-11(8)16-7-12(15)14-10-3-4-10/h2,5-6,10H,3-4,7H2,1H3,(H,14,15). The van der Waals surface area contributed by atoms with Gasteiger partial charge in [-0.15, -0.1) is 0 Å². The minimum atomic E-state index is -0.299. The van der Waals surface area contributed by atoms with Crippen molar-refractivity contribution in [2.75, 3.05) is 6.61 Å². The minimum Gasteiger partial charge on any atom is -0.484 e. The maximum Gasteiger partial charge on any atom is 0.258 e. The largest absolute Gasteiger partial charge is 0.484 e. The second-order valence-electron chi connectivity index (χ2n) is 4.04. The number of hydrogen-bond acceptors (Lipinski definition) is 2. The van der Waals surface area contributed by atoms with E-state index in [4.69, 9.17) is 4.74 Å². The average molecular weight is 223 g/mol. The predicted molar refractivity (Wildman–Crippen MR) is 57.8 cm³/mol. The number of benzene rings is 1. The van der Waals surface area contributed by atoms with E-state index in [1.54, 1.807) is 6.92 Å². The van der Waals surface area contributed by atoms with Crippen LogP contribution in [0.2, 0.25) is 0 Å². The van der Waals surface area contributed by atoms with Crippen LogP contribution in [0.3, 0.4) is 0 Å². The van der Waals surface area contributed by atoms with Crippen molar-refractivity contribution in [1.82, 2.24) is 5.32 Å². The summed E-state index contributed by atoms with van der Waals surface area (Å²) < 4.78 is 18.1. The second kappa shape index (κ2) is 4.51. The number of rotatable bonds is 4. The van der Waals surface area contributed by atoms with Gasteiger partial charge in [-0.05, 0) is 43.5 Å². The molecule has 0 saturated heterocycles. The Labute approximate surface area is 93.6 Å². The van der Waals surface area contributed by atoms with Gasteiger partial charge in [0.25, 0.3) is 5.91 Å². The van der Waals surface area contributed by atoms with Gasteiger partial charge in [-0.3, -0.25) is 4.79 Å². The number of hydrogen-bond donors (Lipinski definition) is 1. The average Bonchev–Trinajstić information content (AvgIpc) is 3.00. The lowest BCUT2D eigenvalue weighted by atomic mass is 10.2. The maximum absolute atomic E-state index is 12.8. The van der Waals surface area contributed by atoms with Crippen LogP contribution in [0.1, 0.15) is 18.4 Å². The topological polar surface area (TPSA) is 38.3 Å². The van der Waals surface area contributed by atoms with E-state index in [-0.39, 0.29) is 18.3 Å². The van der Waals surface area contributed by atoms with Gasteiger partial charge < -0.3 is 10.1 Å². The summed E-state index contributed by atoms with van der Waals surface area (Å²) in [7, 11) is 0. The summed E-state index contributed by atoms with van der Waals surface area (Å²) in [5, 5.41) is 2.82. The van der Waals surface area contributed by atoms with Crippen molar-refractivity contribution in [2.24, 2.45) is 0 Å². The summed E-state index contributed by atoms with van der Waals surface area (Å²) in [4.78, 5) is 11.3. The van der Waals surface area contributed by atoms with Gasteiger partial charge >= 0.3 is 0 Å². The van der Waals surface area contributed by atoms with Crippen molar-refractivity contribution in [3.63, 3.8) is 0 Å². The first-order chi connectivity index (χ1) is 7.65. The smallest absolute Gasteiger partial charge is 0.258 e. The summed E-state index contributed by atoms with van der Waals surface area (Å²) >= 11 is 0. The highest BCUT2D eigenvalue weighted by molar-refractivity contribution is 5.78. The van der Waals surface area contributed by atoms with E-state index < -0.39 is 0 Å². The third kappa shape index (κ3) is 2.95. The van der Waals surface area contributed by atoms with Crippen LogP contribution < -0.4 is 10.1 Å². The molecule has 0 atom stereocenters. The van der Waals surface area contributed by atoms with Crippen LogP contribution >= 0.6 is 0 Å². The molecule has 1 aliphatic carbocycles. The predicted octanol–water partition coefficient (Wildman–Crippen LogP) is 1.79. The molecule has 3 nitrogen and oxygen atoms in total. The fourth-order valence-electron chi connectivity index (χ4n) is 1.42. The number of amides is 1. The van der Waals surface area contributed by atoms with Crippen molar-refractivity contribution in [1.29, 1.82) is 0 Å². The molecule has 0 heterocycles. The van der Waals surface area contributed by atoms with E-state index in [9.17, 15) is 9.18 Å². The molecular formula is C12H14FNO2. The molecule has 1 aromatic rings. The van der Waals surface area contributed by atoms with Gasteiger partial charge in [0.1, 0.15) is 11.6 Å². The van der Waals surface area contributed by atoms with E-state index in [1.165, 1.54) is 18.2 Å². The first kappa shape index (κ1) is 10.9. The zero-order chi connectivity index (χ0) is 11.5. The van der Waals surface area contributed by atoms with E-state index in [2.05, 4.69) is 5.32 Å². The molecule has 1 aliphatic rings. The maximum atomic E-state index is 12.8. The Morgan fingerprint density at radius 2 is 2.31 bits per heavy atom. The highest BCUT2D eigenvalue weighted by Crippen LogP contribution is 2.19. The molecule has 86 valence electrons. The Kier molecular flexibility index (Phi) is 3.08. The Hall–Kier alpha value is -1.58. The molecule has 0 spiro atoms. The van der Waals surface area contributed by atoms with Crippen molar-refractivity contribution >= 4 is 5.91 Å². The molecule has 0 unspecified atom stereocenters. The fraction of sp³-hybridized carbons (Fsp3) is 0.417. The van der Waals surface area contributed by atoms with E-state index >= 15 is 0 Å². The Bertz CT molecular complexity index is 402. The van der Waals surface area contributed by atoms with Crippen molar-refractivity contribution in [3.05, 3.63) is 29.6 Å². The quantitative estimate of drug-likeness (QED) is 0.845.